The van der Waals surface area contributed by atoms with Crippen molar-refractivity contribution < 1.29 is 14.4 Å². The third-order valence-corrected chi connectivity index (χ3v) is 6.85. The fourth-order valence-corrected chi connectivity index (χ4v) is 5.00. The van der Waals surface area contributed by atoms with E-state index in [0.29, 0.717) is 48.8 Å². The first-order valence-corrected chi connectivity index (χ1v) is 11.8. The van der Waals surface area contributed by atoms with Gasteiger partial charge in [-0.15, -0.1) is 0 Å². The molecule has 1 aliphatic heterocycles. The monoisotopic (exact) mass is 517 g/mol. The van der Waals surface area contributed by atoms with Crippen molar-refractivity contribution >= 4 is 33.3 Å². The molecule has 194 valence electrons. The Morgan fingerprint density at radius 2 is 1.79 bits per heavy atom. The van der Waals surface area contributed by atoms with Gasteiger partial charge in [0.25, 0.3) is 11.2 Å². The highest BCUT2D eigenvalue weighted by Crippen LogP contribution is 2.36. The van der Waals surface area contributed by atoms with Crippen molar-refractivity contribution in [3.63, 3.8) is 0 Å². The maximum atomic E-state index is 13.4. The van der Waals surface area contributed by atoms with E-state index in [1.54, 1.807) is 20.3 Å². The lowest BCUT2D eigenvalue weighted by Crippen LogP contribution is -2.46. The fraction of sp³-hybridized carbons (Fsp3) is 0.320. The van der Waals surface area contributed by atoms with Crippen molar-refractivity contribution in [3.8, 4) is 17.6 Å². The number of rotatable bonds is 6. The molecule has 1 fully saturated rings. The highest BCUT2D eigenvalue weighted by atomic mass is 16.6. The first-order valence-electron chi connectivity index (χ1n) is 11.8. The van der Waals surface area contributed by atoms with Gasteiger partial charge in [0.05, 0.1) is 41.6 Å². The average Bonchev–Trinajstić information content (AvgIpc) is 2.94. The number of fused-ring (bicyclic) bond motifs is 2. The summed E-state index contributed by atoms with van der Waals surface area (Å²) in [4.78, 5) is 48.4. The summed E-state index contributed by atoms with van der Waals surface area (Å²) >= 11 is 0. The highest BCUT2D eigenvalue weighted by molar-refractivity contribution is 5.92. The largest absolute Gasteiger partial charge is 0.493 e. The number of hydrogen-bond acceptors (Lipinski definition) is 10. The smallest absolute Gasteiger partial charge is 0.332 e. The van der Waals surface area contributed by atoms with Crippen molar-refractivity contribution in [1.82, 2.24) is 19.1 Å². The summed E-state index contributed by atoms with van der Waals surface area (Å²) in [5.74, 6) is 1.78. The van der Waals surface area contributed by atoms with E-state index >= 15 is 0 Å². The van der Waals surface area contributed by atoms with Crippen LogP contribution in [0, 0.1) is 21.4 Å². The molecule has 1 saturated heterocycles. The number of piperidine rings is 1. The number of non-ortho nitro benzene ring substituents is 1. The van der Waals surface area contributed by atoms with Crippen LogP contribution in [0.25, 0.3) is 21.8 Å². The number of nitro benzene ring substituents is 1. The van der Waals surface area contributed by atoms with E-state index in [0.717, 1.165) is 16.0 Å². The minimum atomic E-state index is -0.610. The van der Waals surface area contributed by atoms with Crippen LogP contribution < -0.4 is 25.6 Å². The van der Waals surface area contributed by atoms with E-state index in [4.69, 9.17) is 9.47 Å². The summed E-state index contributed by atoms with van der Waals surface area (Å²) in [6, 6.07) is 8.79. The SMILES string of the molecule is COc1cc2ncnc(N3CCC(n4c(=O)c5cc([N+](=O)[O-])ccc5n(CC#N)c4=O)CC3)c2cc1OC. The molecule has 0 aliphatic carbocycles. The van der Waals surface area contributed by atoms with Crippen LogP contribution in [-0.4, -0.2) is 51.3 Å². The van der Waals surface area contributed by atoms with E-state index in [-0.39, 0.29) is 23.1 Å². The van der Waals surface area contributed by atoms with Crippen LogP contribution >= 0.6 is 0 Å². The number of hydrogen-bond donors (Lipinski definition) is 0. The van der Waals surface area contributed by atoms with Gasteiger partial charge in [0.15, 0.2) is 11.5 Å². The van der Waals surface area contributed by atoms with E-state index in [9.17, 15) is 25.0 Å². The average molecular weight is 518 g/mol. The minimum absolute atomic E-state index is 0.0271. The molecule has 2 aromatic carbocycles. The second-order valence-electron chi connectivity index (χ2n) is 8.80. The fourth-order valence-electron chi connectivity index (χ4n) is 5.00. The Morgan fingerprint density at radius 3 is 2.45 bits per heavy atom. The molecule has 0 radical (unpaired) electrons. The first kappa shape index (κ1) is 24.7. The van der Waals surface area contributed by atoms with Crippen molar-refractivity contribution in [2.24, 2.45) is 0 Å². The van der Waals surface area contributed by atoms with Gasteiger partial charge in [0, 0.05) is 42.7 Å². The number of anilines is 1. The Bertz CT molecular complexity index is 1730. The van der Waals surface area contributed by atoms with E-state index in [1.807, 2.05) is 12.1 Å². The van der Waals surface area contributed by atoms with Gasteiger partial charge in [-0.05, 0) is 25.0 Å². The molecule has 0 saturated carbocycles. The summed E-state index contributed by atoms with van der Waals surface area (Å²) in [6.07, 6.45) is 2.36. The summed E-state index contributed by atoms with van der Waals surface area (Å²) in [6.45, 7) is 0.689. The summed E-state index contributed by atoms with van der Waals surface area (Å²) in [5, 5.41) is 21.4. The molecule has 0 amide bonds. The molecule has 38 heavy (non-hydrogen) atoms. The molecular formula is C25H23N7O6. The number of nitriles is 1. The van der Waals surface area contributed by atoms with Gasteiger partial charge in [-0.2, -0.15) is 5.26 Å². The number of nitro groups is 1. The van der Waals surface area contributed by atoms with Crippen molar-refractivity contribution in [1.29, 1.82) is 5.26 Å². The Kier molecular flexibility index (Phi) is 6.38. The Balaban J connectivity index is 1.52. The lowest BCUT2D eigenvalue weighted by molar-refractivity contribution is -0.384. The maximum absolute atomic E-state index is 13.4. The topological polar surface area (TPSA) is 158 Å². The molecule has 13 nitrogen and oxygen atoms in total. The second kappa shape index (κ2) is 9.81. The van der Waals surface area contributed by atoms with E-state index in [2.05, 4.69) is 14.9 Å². The highest BCUT2D eigenvalue weighted by Gasteiger charge is 2.27. The predicted molar refractivity (Wildman–Crippen MR) is 138 cm³/mol. The molecule has 13 heteroatoms. The molecule has 0 N–H and O–H groups in total. The van der Waals surface area contributed by atoms with Crippen LogP contribution in [0.2, 0.25) is 0 Å². The number of nitrogens with zero attached hydrogens (tertiary/aromatic N) is 7. The summed E-state index contributed by atoms with van der Waals surface area (Å²) in [5.41, 5.74) is -0.605. The van der Waals surface area contributed by atoms with Gasteiger partial charge in [0.2, 0.25) is 0 Å². The molecule has 3 heterocycles. The summed E-state index contributed by atoms with van der Waals surface area (Å²) in [7, 11) is 3.10. The zero-order valence-electron chi connectivity index (χ0n) is 20.7. The Hall–Kier alpha value is -4.99. The standard InChI is InChI=1S/C25H23N7O6/c1-37-21-12-17-19(13-22(21)38-2)27-14-28-23(17)29-8-5-15(6-9-29)31-24(33)18-11-16(32(35)36)3-4-20(18)30(10-7-26)25(31)34/h3-4,11-15H,5-6,8-10H2,1-2H3. The summed E-state index contributed by atoms with van der Waals surface area (Å²) < 4.78 is 13.1. The van der Waals surface area contributed by atoms with Crippen LogP contribution in [0.3, 0.4) is 0 Å². The quantitative estimate of drug-likeness (QED) is 0.274. The Morgan fingerprint density at radius 1 is 1.08 bits per heavy atom. The van der Waals surface area contributed by atoms with Crippen molar-refractivity contribution in [3.05, 3.63) is 67.6 Å². The van der Waals surface area contributed by atoms with Crippen LogP contribution in [0.5, 0.6) is 11.5 Å². The van der Waals surface area contributed by atoms with Gasteiger partial charge in [-0.25, -0.2) is 14.8 Å². The zero-order chi connectivity index (χ0) is 27.0. The van der Waals surface area contributed by atoms with Gasteiger partial charge >= 0.3 is 5.69 Å². The van der Waals surface area contributed by atoms with E-state index < -0.39 is 22.2 Å². The van der Waals surface area contributed by atoms with E-state index in [1.165, 1.54) is 23.0 Å². The number of benzene rings is 2. The molecule has 2 aromatic heterocycles. The van der Waals surface area contributed by atoms with Crippen LogP contribution in [-0.2, 0) is 6.54 Å². The maximum Gasteiger partial charge on any atom is 0.332 e. The Labute approximate surface area is 215 Å². The first-order chi connectivity index (χ1) is 18.4. The van der Waals surface area contributed by atoms with Gasteiger partial charge < -0.3 is 14.4 Å². The minimum Gasteiger partial charge on any atom is -0.493 e. The van der Waals surface area contributed by atoms with Gasteiger partial charge in [-0.1, -0.05) is 0 Å². The molecule has 4 aromatic rings. The zero-order valence-corrected chi connectivity index (χ0v) is 20.7. The molecule has 1 aliphatic rings. The van der Waals surface area contributed by atoms with Gasteiger partial charge in [-0.3, -0.25) is 24.0 Å². The number of aromatic nitrogens is 4. The number of ether oxygens (including phenoxy) is 2. The van der Waals surface area contributed by atoms with Crippen LogP contribution in [0.4, 0.5) is 11.5 Å². The third-order valence-electron chi connectivity index (χ3n) is 6.85. The van der Waals surface area contributed by atoms with Crippen molar-refractivity contribution in [2.75, 3.05) is 32.2 Å². The predicted octanol–water partition coefficient (Wildman–Crippen LogP) is 2.40. The van der Waals surface area contributed by atoms with Crippen LogP contribution in [0.1, 0.15) is 18.9 Å². The molecule has 0 atom stereocenters. The molecule has 0 unspecified atom stereocenters. The normalized spacial score (nSPS) is 14.0. The number of methoxy groups -OCH3 is 2. The van der Waals surface area contributed by atoms with Crippen molar-refractivity contribution in [2.45, 2.75) is 25.4 Å². The van der Waals surface area contributed by atoms with Crippen LogP contribution in [0.15, 0.2) is 46.2 Å². The molecular weight excluding hydrogens is 494 g/mol. The second-order valence-corrected chi connectivity index (χ2v) is 8.80. The van der Waals surface area contributed by atoms with Gasteiger partial charge in [0.1, 0.15) is 18.7 Å². The third kappa shape index (κ3) is 4.05. The lowest BCUT2D eigenvalue weighted by Gasteiger charge is -2.34. The molecule has 5 rings (SSSR count). The molecule has 0 spiro atoms. The molecule has 0 bridgehead atoms. The lowest BCUT2D eigenvalue weighted by atomic mass is 10.0.